The van der Waals surface area contributed by atoms with Crippen LogP contribution in [0.15, 0.2) is 60.8 Å². The molecule has 0 aliphatic carbocycles. The van der Waals surface area contributed by atoms with Crippen LogP contribution in [0.2, 0.25) is 5.02 Å². The largest absolute Gasteiger partial charge is 0.484 e. The molecule has 3 aromatic rings. The topological polar surface area (TPSA) is 58.8 Å². The number of thiophene rings is 1. The zero-order valence-corrected chi connectivity index (χ0v) is 25.2. The fourth-order valence-corrected chi connectivity index (χ4v) is 6.94. The molecule has 1 aromatic heterocycles. The minimum absolute atomic E-state index is 0.0232. The lowest BCUT2D eigenvalue weighted by Gasteiger charge is -2.38. The lowest BCUT2D eigenvalue weighted by atomic mass is 9.85. The summed E-state index contributed by atoms with van der Waals surface area (Å²) in [5, 5.41) is 1.22. The summed E-state index contributed by atoms with van der Waals surface area (Å²) in [6, 6.07) is 14.5. The number of primary amides is 1. The molecule has 218 valence electrons. The molecule has 2 N–H and O–H groups in total. The van der Waals surface area contributed by atoms with Gasteiger partial charge in [0.1, 0.15) is 21.7 Å². The number of fused-ring (bicyclic) bond motifs is 1. The van der Waals surface area contributed by atoms with Crippen LogP contribution in [0.25, 0.3) is 0 Å². The summed E-state index contributed by atoms with van der Waals surface area (Å²) in [5.74, 6) is -3.94. The molecule has 0 radical (unpaired) electrons. The van der Waals surface area contributed by atoms with Crippen LogP contribution < -0.4 is 15.4 Å². The standard InChI is InChI=1S/C32H36ClF2N3O2S/c1-20(2)37-16-13-23(14-17-37)32(34,35)24-12-11-22-8-6-7-15-38(27(22)18-24)29-19-28(30(41-29)31(36)39)40-21(3)25-9-4-5-10-26(25)33/h4-5,7,9-12,15,18-21,23H,6,8,13-14,16-17H2,1-3H3,(H2,36,39). The number of likely N-dealkylation sites (tertiary alicyclic amines) is 1. The number of carbonyl (C=O) groups excluding carboxylic acids is 1. The van der Waals surface area contributed by atoms with Crippen LogP contribution in [0.5, 0.6) is 5.75 Å². The van der Waals surface area contributed by atoms with Gasteiger partial charge in [-0.3, -0.25) is 4.79 Å². The van der Waals surface area contributed by atoms with Gasteiger partial charge < -0.3 is 20.3 Å². The first-order valence-corrected chi connectivity index (χ1v) is 15.3. The molecule has 1 unspecified atom stereocenters. The van der Waals surface area contributed by atoms with Crippen molar-refractivity contribution < 1.29 is 18.3 Å². The molecule has 1 saturated heterocycles. The van der Waals surface area contributed by atoms with Crippen molar-refractivity contribution in [2.45, 2.75) is 64.5 Å². The molecule has 0 spiro atoms. The highest BCUT2D eigenvalue weighted by Gasteiger charge is 2.43. The Kier molecular flexibility index (Phi) is 8.73. The highest BCUT2D eigenvalue weighted by Crippen LogP contribution is 2.46. The SMILES string of the molecule is CC(Oc1cc(N2C=CCCc3ccc(C(F)(F)C4CCN(C(C)C)CC4)cc32)sc1C(N)=O)c1ccccc1Cl. The van der Waals surface area contributed by atoms with Crippen LogP contribution in [-0.4, -0.2) is 29.9 Å². The van der Waals surface area contributed by atoms with E-state index in [9.17, 15) is 4.79 Å². The predicted octanol–water partition coefficient (Wildman–Crippen LogP) is 8.45. The zero-order valence-electron chi connectivity index (χ0n) is 23.6. The van der Waals surface area contributed by atoms with Gasteiger partial charge in [-0.1, -0.05) is 48.0 Å². The van der Waals surface area contributed by atoms with Crippen molar-refractivity contribution in [2.75, 3.05) is 18.0 Å². The van der Waals surface area contributed by atoms with E-state index in [-0.39, 0.29) is 10.4 Å². The molecule has 2 aliphatic heterocycles. The summed E-state index contributed by atoms with van der Waals surface area (Å²) >= 11 is 7.55. The van der Waals surface area contributed by atoms with E-state index in [1.165, 1.54) is 11.3 Å². The molecular formula is C32H36ClF2N3O2S. The van der Waals surface area contributed by atoms with E-state index in [1.54, 1.807) is 24.3 Å². The lowest BCUT2D eigenvalue weighted by molar-refractivity contribution is -0.0875. The van der Waals surface area contributed by atoms with Crippen molar-refractivity contribution in [3.63, 3.8) is 0 Å². The maximum atomic E-state index is 15.9. The van der Waals surface area contributed by atoms with E-state index in [2.05, 4.69) is 18.7 Å². The molecule has 5 nitrogen and oxygen atoms in total. The van der Waals surface area contributed by atoms with Gasteiger partial charge in [-0.15, -0.1) is 11.3 Å². The summed E-state index contributed by atoms with van der Waals surface area (Å²) in [6.45, 7) is 7.42. The summed E-state index contributed by atoms with van der Waals surface area (Å²) in [6.07, 6.45) is 5.87. The summed E-state index contributed by atoms with van der Waals surface area (Å²) in [7, 11) is 0. The molecule has 9 heteroatoms. The number of nitrogens with two attached hydrogens (primary N) is 1. The summed E-state index contributed by atoms with van der Waals surface area (Å²) < 4.78 is 38.1. The van der Waals surface area contributed by atoms with E-state index in [0.717, 1.165) is 24.0 Å². The van der Waals surface area contributed by atoms with Gasteiger partial charge in [0.05, 0.1) is 0 Å². The lowest BCUT2D eigenvalue weighted by Crippen LogP contribution is -2.42. The van der Waals surface area contributed by atoms with Crippen molar-refractivity contribution in [1.82, 2.24) is 4.90 Å². The van der Waals surface area contributed by atoms with Gasteiger partial charge in [0, 0.05) is 46.1 Å². The Morgan fingerprint density at radius 1 is 1.12 bits per heavy atom. The number of hydrogen-bond donors (Lipinski definition) is 1. The molecule has 0 bridgehead atoms. The minimum atomic E-state index is -2.95. The third-order valence-corrected chi connectivity index (χ3v) is 9.60. The van der Waals surface area contributed by atoms with Gasteiger partial charge >= 0.3 is 0 Å². The second kappa shape index (κ2) is 12.1. The van der Waals surface area contributed by atoms with Crippen LogP contribution >= 0.6 is 22.9 Å². The number of alkyl halides is 2. The Hall–Kier alpha value is -2.94. The Morgan fingerprint density at radius 2 is 1.85 bits per heavy atom. The maximum Gasteiger partial charge on any atom is 0.276 e. The summed E-state index contributed by atoms with van der Waals surface area (Å²) in [4.78, 5) is 16.8. The Bertz CT molecular complexity index is 1430. The van der Waals surface area contributed by atoms with Gasteiger partial charge in [-0.25, -0.2) is 8.78 Å². The zero-order chi connectivity index (χ0) is 29.3. The van der Waals surface area contributed by atoms with Crippen molar-refractivity contribution >= 4 is 39.5 Å². The molecule has 2 aromatic carbocycles. The van der Waals surface area contributed by atoms with Gasteiger partial charge in [0.2, 0.25) is 0 Å². The molecule has 0 saturated carbocycles. The van der Waals surface area contributed by atoms with E-state index >= 15 is 8.78 Å². The highest BCUT2D eigenvalue weighted by molar-refractivity contribution is 7.18. The number of allylic oxidation sites excluding steroid dienone is 1. The normalized spacial score (nSPS) is 17.4. The van der Waals surface area contributed by atoms with Crippen LogP contribution in [0.4, 0.5) is 19.5 Å². The number of hydrogen-bond acceptors (Lipinski definition) is 5. The first-order chi connectivity index (χ1) is 19.6. The quantitative estimate of drug-likeness (QED) is 0.282. The van der Waals surface area contributed by atoms with E-state index in [0.29, 0.717) is 53.4 Å². The fraction of sp³-hybridized carbons (Fsp3) is 0.406. The molecule has 41 heavy (non-hydrogen) atoms. The number of amides is 1. The van der Waals surface area contributed by atoms with E-state index in [4.69, 9.17) is 22.1 Å². The minimum Gasteiger partial charge on any atom is -0.484 e. The molecule has 1 atom stereocenters. The Balaban J connectivity index is 1.47. The van der Waals surface area contributed by atoms with Gasteiger partial charge in [0.15, 0.2) is 0 Å². The van der Waals surface area contributed by atoms with E-state index in [1.807, 2.05) is 48.4 Å². The van der Waals surface area contributed by atoms with E-state index < -0.39 is 23.9 Å². The third-order valence-electron chi connectivity index (χ3n) is 8.13. The molecular weight excluding hydrogens is 564 g/mol. The fourth-order valence-electron chi connectivity index (χ4n) is 5.71. The van der Waals surface area contributed by atoms with Crippen molar-refractivity contribution in [1.29, 1.82) is 0 Å². The van der Waals surface area contributed by atoms with Gasteiger partial charge in [0.25, 0.3) is 11.8 Å². The molecule has 1 fully saturated rings. The van der Waals surface area contributed by atoms with Crippen LogP contribution in [0, 0.1) is 5.92 Å². The average Bonchev–Trinajstić information content (AvgIpc) is 3.25. The van der Waals surface area contributed by atoms with Crippen LogP contribution in [0.1, 0.15) is 72.5 Å². The molecule has 3 heterocycles. The van der Waals surface area contributed by atoms with Gasteiger partial charge in [-0.2, -0.15) is 0 Å². The molecule has 5 rings (SSSR count). The monoisotopic (exact) mass is 599 g/mol. The average molecular weight is 600 g/mol. The predicted molar refractivity (Wildman–Crippen MR) is 163 cm³/mol. The van der Waals surface area contributed by atoms with Crippen LogP contribution in [-0.2, 0) is 12.3 Å². The first kappa shape index (κ1) is 29.5. The third kappa shape index (κ3) is 6.15. The van der Waals surface area contributed by atoms with Crippen molar-refractivity contribution in [3.8, 4) is 5.75 Å². The Morgan fingerprint density at radius 3 is 2.54 bits per heavy atom. The number of aryl methyl sites for hydroxylation is 1. The van der Waals surface area contributed by atoms with Gasteiger partial charge in [-0.05, 0) is 77.2 Å². The number of halogens is 3. The molecule has 1 amide bonds. The highest BCUT2D eigenvalue weighted by atomic mass is 35.5. The van der Waals surface area contributed by atoms with Crippen LogP contribution in [0.3, 0.4) is 0 Å². The van der Waals surface area contributed by atoms with Crippen molar-refractivity contribution in [3.05, 3.63) is 87.4 Å². The molecule has 2 aliphatic rings. The maximum absolute atomic E-state index is 15.9. The number of ether oxygens (including phenoxy) is 1. The second-order valence-electron chi connectivity index (χ2n) is 11.1. The Labute approximate surface area is 249 Å². The first-order valence-electron chi connectivity index (χ1n) is 14.1. The van der Waals surface area contributed by atoms with Crippen molar-refractivity contribution in [2.24, 2.45) is 11.7 Å². The number of nitrogens with zero attached hydrogens (tertiary/aromatic N) is 2. The summed E-state index contributed by atoms with van der Waals surface area (Å²) in [5.41, 5.74) is 8.19. The number of anilines is 2. The smallest absolute Gasteiger partial charge is 0.276 e. The number of benzene rings is 2. The number of piperidine rings is 1. The second-order valence-corrected chi connectivity index (χ2v) is 12.5. The number of rotatable bonds is 8. The number of carbonyl (C=O) groups is 1.